The first kappa shape index (κ1) is 41.4. The minimum Gasteiger partial charge on any atom is -0.368 e. The Morgan fingerprint density at radius 2 is 1.86 bits per heavy atom. The van der Waals surface area contributed by atoms with Gasteiger partial charge in [0.1, 0.15) is 11.3 Å². The van der Waals surface area contributed by atoms with E-state index in [-0.39, 0.29) is 16.6 Å². The van der Waals surface area contributed by atoms with E-state index >= 15 is 4.39 Å². The average molecular weight is 695 g/mol. The molecule has 1 aliphatic heterocycles. The lowest BCUT2D eigenvalue weighted by atomic mass is 9.83. The Morgan fingerprint density at radius 3 is 2.49 bits per heavy atom. The number of piperazine rings is 1. The van der Waals surface area contributed by atoms with E-state index in [1.165, 1.54) is 16.8 Å². The molecular weight excluding hydrogens is 632 g/mol. The standard InChI is InChI=1S/C37H45FN6.C3H6.2C2H6/c1-6-29-22-43(32-11-7-10-28-19-36(4,20-30(28)32)12-8-9-26(2)21-40-5)16-15-42(29)23-34-41-35-31(38)17-27(3)18-33(35)44(34)25-37(24-39)13-14-37;1-3-2;2*1-2/h7-11,17-18,21,29H,5-6,12-16,19-20,22-23,25H2,1-4H3;3H,1H2,2H3;2*1-2H3/b9-8-,26-21-;;;. The number of hydrogen-bond donors (Lipinski definition) is 0. The van der Waals surface area contributed by atoms with Crippen molar-refractivity contribution in [3.63, 3.8) is 0 Å². The van der Waals surface area contributed by atoms with Crippen molar-refractivity contribution < 1.29 is 4.39 Å². The molecule has 0 N–H and O–H groups in total. The number of hydrogen-bond acceptors (Lipinski definition) is 5. The molecule has 6 rings (SSSR count). The Labute approximate surface area is 308 Å². The highest BCUT2D eigenvalue weighted by molar-refractivity contribution is 5.77. The van der Waals surface area contributed by atoms with Crippen LogP contribution in [0.25, 0.3) is 11.0 Å². The molecule has 7 heteroatoms. The quantitative estimate of drug-likeness (QED) is 0.120. The molecule has 51 heavy (non-hydrogen) atoms. The molecule has 3 aliphatic rings. The number of nitriles is 1. The molecule has 2 aromatic carbocycles. The summed E-state index contributed by atoms with van der Waals surface area (Å²) in [6.07, 6.45) is 14.0. The monoisotopic (exact) mass is 695 g/mol. The maximum Gasteiger partial charge on any atom is 0.151 e. The molecular formula is C44H63FN6. The van der Waals surface area contributed by atoms with Gasteiger partial charge in [-0.15, -0.1) is 6.58 Å². The van der Waals surface area contributed by atoms with Gasteiger partial charge in [0.25, 0.3) is 0 Å². The van der Waals surface area contributed by atoms with Crippen LogP contribution in [0.5, 0.6) is 0 Å². The van der Waals surface area contributed by atoms with Crippen LogP contribution in [0.15, 0.2) is 71.9 Å². The number of benzene rings is 2. The smallest absolute Gasteiger partial charge is 0.151 e. The van der Waals surface area contributed by atoms with E-state index in [0.717, 1.165) is 80.6 Å². The van der Waals surface area contributed by atoms with Crippen molar-refractivity contribution in [3.8, 4) is 6.07 Å². The number of aromatic nitrogens is 2. The molecule has 0 bridgehead atoms. The van der Waals surface area contributed by atoms with Crippen LogP contribution in [0.3, 0.4) is 0 Å². The summed E-state index contributed by atoms with van der Waals surface area (Å²) in [5.41, 5.74) is 7.46. The summed E-state index contributed by atoms with van der Waals surface area (Å²) < 4.78 is 17.2. The molecule has 1 saturated carbocycles. The van der Waals surface area contributed by atoms with Gasteiger partial charge in [0, 0.05) is 44.1 Å². The van der Waals surface area contributed by atoms with Crippen LogP contribution in [0.2, 0.25) is 0 Å². The zero-order chi connectivity index (χ0) is 37.8. The second-order valence-corrected chi connectivity index (χ2v) is 14.2. The van der Waals surface area contributed by atoms with Gasteiger partial charge >= 0.3 is 0 Å². The number of fused-ring (bicyclic) bond motifs is 2. The van der Waals surface area contributed by atoms with E-state index < -0.39 is 0 Å². The number of aliphatic imine (C=N–C) groups is 1. The predicted molar refractivity (Wildman–Crippen MR) is 216 cm³/mol. The molecule has 1 saturated heterocycles. The lowest BCUT2D eigenvalue weighted by Crippen LogP contribution is -2.53. The average Bonchev–Trinajstić information content (AvgIpc) is 3.71. The maximum atomic E-state index is 15.1. The van der Waals surface area contributed by atoms with Crippen LogP contribution < -0.4 is 4.90 Å². The second kappa shape index (κ2) is 19.0. The third-order valence-electron chi connectivity index (χ3n) is 10.1. The summed E-state index contributed by atoms with van der Waals surface area (Å²) >= 11 is 0. The first-order valence-corrected chi connectivity index (χ1v) is 19.1. The van der Waals surface area contributed by atoms with E-state index in [4.69, 9.17) is 4.98 Å². The van der Waals surface area contributed by atoms with Crippen molar-refractivity contribution >= 4 is 23.4 Å². The Bertz CT molecular complexity index is 1720. The minimum atomic E-state index is -0.345. The zero-order valence-electron chi connectivity index (χ0n) is 33.0. The molecule has 2 unspecified atom stereocenters. The highest BCUT2D eigenvalue weighted by Gasteiger charge is 2.44. The van der Waals surface area contributed by atoms with E-state index in [1.807, 2.05) is 47.6 Å². The molecule has 276 valence electrons. The second-order valence-electron chi connectivity index (χ2n) is 14.2. The molecule has 1 aromatic heterocycles. The molecule has 2 atom stereocenters. The van der Waals surface area contributed by atoms with Crippen molar-refractivity contribution in [2.75, 3.05) is 24.5 Å². The van der Waals surface area contributed by atoms with Gasteiger partial charge in [0.15, 0.2) is 5.82 Å². The summed E-state index contributed by atoms with van der Waals surface area (Å²) in [5, 5.41) is 9.86. The third-order valence-corrected chi connectivity index (χ3v) is 10.1. The van der Waals surface area contributed by atoms with Gasteiger partial charge in [-0.05, 0) is 112 Å². The topological polar surface area (TPSA) is 60.4 Å². The fourth-order valence-electron chi connectivity index (χ4n) is 7.40. The largest absolute Gasteiger partial charge is 0.368 e. The number of allylic oxidation sites excluding steroid dienone is 4. The summed E-state index contributed by atoms with van der Waals surface area (Å²) in [5.74, 6) is 0.593. The summed E-state index contributed by atoms with van der Waals surface area (Å²) in [6.45, 7) is 29.5. The van der Waals surface area contributed by atoms with E-state index in [0.29, 0.717) is 24.6 Å². The number of halogens is 1. The lowest BCUT2D eigenvalue weighted by molar-refractivity contribution is 0.157. The van der Waals surface area contributed by atoms with Gasteiger partial charge in [-0.25, -0.2) is 9.37 Å². The van der Waals surface area contributed by atoms with Crippen LogP contribution in [0, 0.1) is 34.9 Å². The molecule has 6 nitrogen and oxygen atoms in total. The molecule has 2 heterocycles. The Hall–Kier alpha value is -4.02. The van der Waals surface area contributed by atoms with Gasteiger partial charge in [0.2, 0.25) is 0 Å². The van der Waals surface area contributed by atoms with Crippen molar-refractivity contribution in [1.82, 2.24) is 14.5 Å². The van der Waals surface area contributed by atoms with Gasteiger partial charge < -0.3 is 9.47 Å². The third kappa shape index (κ3) is 10.1. The van der Waals surface area contributed by atoms with Crippen LogP contribution in [-0.4, -0.2) is 46.8 Å². The highest BCUT2D eigenvalue weighted by Crippen LogP contribution is 2.47. The van der Waals surface area contributed by atoms with Gasteiger partial charge in [0.05, 0.1) is 23.5 Å². The van der Waals surface area contributed by atoms with Crippen LogP contribution in [0.1, 0.15) is 104 Å². The van der Waals surface area contributed by atoms with Crippen molar-refractivity contribution in [2.24, 2.45) is 15.8 Å². The number of rotatable bonds is 10. The van der Waals surface area contributed by atoms with Crippen LogP contribution >= 0.6 is 0 Å². The van der Waals surface area contributed by atoms with Gasteiger partial charge in [-0.1, -0.05) is 71.9 Å². The molecule has 0 amide bonds. The zero-order valence-corrected chi connectivity index (χ0v) is 33.0. The first-order chi connectivity index (χ1) is 24.6. The number of anilines is 1. The fourth-order valence-corrected chi connectivity index (χ4v) is 7.40. The van der Waals surface area contributed by atoms with Crippen LogP contribution in [-0.2, 0) is 25.9 Å². The van der Waals surface area contributed by atoms with E-state index in [9.17, 15) is 5.26 Å². The Balaban J connectivity index is 0.000000938. The number of imidazole rings is 1. The molecule has 2 fully saturated rings. The van der Waals surface area contributed by atoms with Crippen molar-refractivity contribution in [1.29, 1.82) is 5.26 Å². The highest BCUT2D eigenvalue weighted by atomic mass is 19.1. The number of nitrogens with zero attached hydrogens (tertiary/aromatic N) is 6. The summed E-state index contributed by atoms with van der Waals surface area (Å²) in [7, 11) is 0. The Morgan fingerprint density at radius 1 is 1.16 bits per heavy atom. The SMILES string of the molecule is C=CC.C=N/C=C(C)\C=C/CC1(C)Cc2cccc(N3CCN(Cc4nc5c(F)cc(C)cc5n4CC4(C#N)CC4)C(CC)C3)c2C1.CC.CC. The molecule has 2 aliphatic carbocycles. The van der Waals surface area contributed by atoms with E-state index in [1.54, 1.807) is 18.3 Å². The minimum absolute atomic E-state index is 0.206. The summed E-state index contributed by atoms with van der Waals surface area (Å²) in [6, 6.07) is 13.3. The van der Waals surface area contributed by atoms with Gasteiger partial charge in [-0.3, -0.25) is 9.89 Å². The van der Waals surface area contributed by atoms with E-state index in [2.05, 4.69) is 89.8 Å². The predicted octanol–water partition coefficient (Wildman–Crippen LogP) is 10.8. The fraction of sp³-hybridized carbons (Fsp3) is 0.523. The summed E-state index contributed by atoms with van der Waals surface area (Å²) in [4.78, 5) is 13.8. The molecule has 0 spiro atoms. The molecule has 3 aromatic rings. The Kier molecular flexibility index (Phi) is 15.4. The molecule has 0 radical (unpaired) electrons. The van der Waals surface area contributed by atoms with Crippen LogP contribution in [0.4, 0.5) is 10.1 Å². The van der Waals surface area contributed by atoms with Gasteiger partial charge in [-0.2, -0.15) is 5.26 Å². The lowest BCUT2D eigenvalue weighted by Gasteiger charge is -2.43. The normalized spacial score (nSPS) is 20.6. The van der Waals surface area contributed by atoms with Crippen molar-refractivity contribution in [3.05, 3.63) is 95.2 Å². The first-order valence-electron chi connectivity index (χ1n) is 19.1. The number of aryl methyl sites for hydroxylation is 1. The van der Waals surface area contributed by atoms with Crippen molar-refractivity contribution in [2.45, 2.75) is 120 Å². The maximum absolute atomic E-state index is 15.1.